The lowest BCUT2D eigenvalue weighted by Crippen LogP contribution is -2.55. The van der Waals surface area contributed by atoms with Crippen LogP contribution < -0.4 is 5.73 Å². The van der Waals surface area contributed by atoms with E-state index in [4.69, 9.17) is 5.73 Å². The largest absolute Gasteiger partial charge is 0.330 e. The van der Waals surface area contributed by atoms with Crippen LogP contribution in [-0.4, -0.2) is 33.6 Å². The maximum Gasteiger partial charge on any atom is 0.0951 e. The molecule has 3 rings (SSSR count). The van der Waals surface area contributed by atoms with Gasteiger partial charge in [0.2, 0.25) is 0 Å². The van der Waals surface area contributed by atoms with E-state index < -0.39 is 0 Å². The Balaban J connectivity index is 1.67. The van der Waals surface area contributed by atoms with Gasteiger partial charge in [-0.05, 0) is 12.8 Å². The molecule has 0 aromatic carbocycles. The van der Waals surface area contributed by atoms with Gasteiger partial charge in [0.25, 0.3) is 0 Å². The Morgan fingerprint density at radius 2 is 2.21 bits per heavy atom. The summed E-state index contributed by atoms with van der Waals surface area (Å²) in [6.07, 6.45) is 6.60. The van der Waals surface area contributed by atoms with E-state index in [1.807, 2.05) is 12.5 Å². The van der Waals surface area contributed by atoms with E-state index in [0.717, 1.165) is 25.7 Å². The minimum Gasteiger partial charge on any atom is -0.330 e. The lowest BCUT2D eigenvalue weighted by atomic mass is 10.1. The van der Waals surface area contributed by atoms with Crippen LogP contribution in [0.2, 0.25) is 0 Å². The molecule has 4 nitrogen and oxygen atoms in total. The van der Waals surface area contributed by atoms with Crippen molar-refractivity contribution in [3.8, 4) is 0 Å². The van der Waals surface area contributed by atoms with Gasteiger partial charge in [-0.15, -0.1) is 0 Å². The summed E-state index contributed by atoms with van der Waals surface area (Å²) in [6.45, 7) is 3.09. The molecule has 0 amide bonds. The highest BCUT2D eigenvalue weighted by atomic mass is 15.2. The summed E-state index contributed by atoms with van der Waals surface area (Å²) in [5, 5.41) is 0. The van der Waals surface area contributed by atoms with Gasteiger partial charge in [0.05, 0.1) is 12.0 Å². The summed E-state index contributed by atoms with van der Waals surface area (Å²) in [4.78, 5) is 6.59. The van der Waals surface area contributed by atoms with Crippen molar-refractivity contribution in [3.05, 3.63) is 18.2 Å². The molecule has 0 spiro atoms. The number of imidazole rings is 1. The average Bonchev–Trinajstić information content (AvgIpc) is 2.85. The second-order valence-corrected chi connectivity index (χ2v) is 4.48. The fourth-order valence-corrected chi connectivity index (χ4v) is 2.10. The van der Waals surface area contributed by atoms with Crippen LogP contribution in [0, 0.1) is 0 Å². The van der Waals surface area contributed by atoms with Gasteiger partial charge in [0.15, 0.2) is 0 Å². The van der Waals surface area contributed by atoms with E-state index in [1.165, 1.54) is 18.5 Å². The van der Waals surface area contributed by atoms with Crippen LogP contribution in [0.1, 0.15) is 24.6 Å². The van der Waals surface area contributed by atoms with Gasteiger partial charge < -0.3 is 10.3 Å². The summed E-state index contributed by atoms with van der Waals surface area (Å²) in [6, 6.07) is 1.13. The van der Waals surface area contributed by atoms with Crippen LogP contribution in [-0.2, 0) is 6.54 Å². The summed E-state index contributed by atoms with van der Waals surface area (Å²) < 4.78 is 2.32. The highest BCUT2D eigenvalue weighted by Crippen LogP contribution is 2.35. The zero-order valence-corrected chi connectivity index (χ0v) is 8.26. The summed E-state index contributed by atoms with van der Waals surface area (Å²) >= 11 is 0. The maximum absolute atomic E-state index is 5.74. The van der Waals surface area contributed by atoms with Gasteiger partial charge in [-0.3, -0.25) is 4.90 Å². The average molecular weight is 192 g/mol. The molecule has 76 valence electrons. The molecule has 1 saturated heterocycles. The normalized spacial score (nSPS) is 23.8. The lowest BCUT2D eigenvalue weighted by Gasteiger charge is -2.36. The Morgan fingerprint density at radius 1 is 1.43 bits per heavy atom. The topological polar surface area (TPSA) is 47.1 Å². The fourth-order valence-electron chi connectivity index (χ4n) is 2.10. The van der Waals surface area contributed by atoms with Crippen LogP contribution >= 0.6 is 0 Å². The summed E-state index contributed by atoms with van der Waals surface area (Å²) in [5.74, 6) is 0. The minimum absolute atomic E-state index is 0.396. The molecular formula is C10H16N4. The first kappa shape index (κ1) is 8.44. The van der Waals surface area contributed by atoms with Crippen molar-refractivity contribution < 1.29 is 0 Å². The van der Waals surface area contributed by atoms with Crippen molar-refractivity contribution >= 4 is 0 Å². The number of hydrogen-bond acceptors (Lipinski definition) is 3. The molecule has 0 bridgehead atoms. The number of nitrogens with two attached hydrogens (primary N) is 1. The van der Waals surface area contributed by atoms with Gasteiger partial charge in [-0.2, -0.15) is 0 Å². The van der Waals surface area contributed by atoms with Crippen LogP contribution in [0.3, 0.4) is 0 Å². The predicted molar refractivity (Wildman–Crippen MR) is 53.8 cm³/mol. The second kappa shape index (κ2) is 3.07. The van der Waals surface area contributed by atoms with E-state index in [2.05, 4.69) is 14.5 Å². The van der Waals surface area contributed by atoms with Crippen molar-refractivity contribution in [2.24, 2.45) is 5.73 Å². The van der Waals surface area contributed by atoms with Crippen LogP contribution in [0.25, 0.3) is 0 Å². The third-order valence-corrected chi connectivity index (χ3v) is 3.06. The molecule has 2 fully saturated rings. The van der Waals surface area contributed by atoms with Gasteiger partial charge in [0.1, 0.15) is 0 Å². The van der Waals surface area contributed by atoms with E-state index >= 15 is 0 Å². The first-order valence-electron chi connectivity index (χ1n) is 5.31. The van der Waals surface area contributed by atoms with Crippen molar-refractivity contribution in [2.45, 2.75) is 31.5 Å². The smallest absolute Gasteiger partial charge is 0.0951 e. The van der Waals surface area contributed by atoms with E-state index in [-0.39, 0.29) is 0 Å². The Morgan fingerprint density at radius 3 is 2.86 bits per heavy atom. The zero-order chi connectivity index (χ0) is 9.54. The molecule has 2 heterocycles. The summed E-state index contributed by atoms with van der Waals surface area (Å²) in [7, 11) is 0. The van der Waals surface area contributed by atoms with Gasteiger partial charge in [-0.25, -0.2) is 4.98 Å². The van der Waals surface area contributed by atoms with E-state index in [0.29, 0.717) is 6.04 Å². The number of hydrogen-bond donors (Lipinski definition) is 1. The molecule has 1 saturated carbocycles. The third kappa shape index (κ3) is 1.44. The molecule has 1 aliphatic heterocycles. The number of rotatable bonds is 3. The number of aromatic nitrogens is 2. The molecule has 1 aliphatic carbocycles. The number of likely N-dealkylation sites (tertiary alicyclic amines) is 1. The number of nitrogens with zero attached hydrogens (tertiary/aromatic N) is 3. The van der Waals surface area contributed by atoms with Crippen LogP contribution in [0.5, 0.6) is 0 Å². The Kier molecular flexibility index (Phi) is 1.85. The Labute approximate surface area is 83.7 Å². The lowest BCUT2D eigenvalue weighted by molar-refractivity contribution is 0.139. The first-order chi connectivity index (χ1) is 6.83. The Bertz CT molecular complexity index is 323. The fraction of sp³-hybridized carbons (Fsp3) is 0.700. The van der Waals surface area contributed by atoms with Crippen molar-refractivity contribution in [2.75, 3.05) is 13.1 Å². The molecule has 4 heteroatoms. The molecule has 1 aromatic heterocycles. The van der Waals surface area contributed by atoms with Crippen molar-refractivity contribution in [1.82, 2.24) is 14.5 Å². The molecule has 0 atom stereocenters. The Hall–Kier alpha value is -0.870. The zero-order valence-electron chi connectivity index (χ0n) is 8.26. The van der Waals surface area contributed by atoms with Crippen LogP contribution in [0.15, 0.2) is 12.5 Å². The monoisotopic (exact) mass is 192 g/mol. The molecule has 14 heavy (non-hydrogen) atoms. The quantitative estimate of drug-likeness (QED) is 0.752. The maximum atomic E-state index is 5.74. The van der Waals surface area contributed by atoms with Crippen LogP contribution in [0.4, 0.5) is 0 Å². The first-order valence-corrected chi connectivity index (χ1v) is 5.31. The molecule has 0 radical (unpaired) electrons. The molecule has 0 unspecified atom stereocenters. The van der Waals surface area contributed by atoms with Crippen molar-refractivity contribution in [3.63, 3.8) is 0 Å². The second-order valence-electron chi connectivity index (χ2n) is 4.48. The van der Waals surface area contributed by atoms with E-state index in [1.54, 1.807) is 0 Å². The molecule has 2 aliphatic rings. The molecular weight excluding hydrogens is 176 g/mol. The van der Waals surface area contributed by atoms with E-state index in [9.17, 15) is 0 Å². The molecule has 1 aromatic rings. The highest BCUT2D eigenvalue weighted by Gasteiger charge is 2.28. The molecule has 2 N–H and O–H groups in total. The predicted octanol–water partition coefficient (Wildman–Crippen LogP) is 0.361. The van der Waals surface area contributed by atoms with Gasteiger partial charge >= 0.3 is 0 Å². The highest BCUT2D eigenvalue weighted by molar-refractivity contribution is 5.04. The summed E-state index contributed by atoms with van der Waals surface area (Å²) in [5.41, 5.74) is 7.09. The van der Waals surface area contributed by atoms with Gasteiger partial charge in [-0.1, -0.05) is 0 Å². The SMILES string of the molecule is NC1CN(Cc2cncn2C2CC2)C1. The third-order valence-electron chi connectivity index (χ3n) is 3.06. The minimum atomic E-state index is 0.396. The standard InChI is InChI=1S/C10H16N4/c11-8-4-13(5-8)6-10-3-12-7-14(10)9-1-2-9/h3,7-9H,1-2,4-6,11H2. The van der Waals surface area contributed by atoms with Crippen molar-refractivity contribution in [1.29, 1.82) is 0 Å². The van der Waals surface area contributed by atoms with Gasteiger partial charge in [0, 0.05) is 37.9 Å².